The summed E-state index contributed by atoms with van der Waals surface area (Å²) < 4.78 is 14.7. The van der Waals surface area contributed by atoms with Crippen LogP contribution in [0.5, 0.6) is 0 Å². The number of carbonyl (C=O) groups is 1. The van der Waals surface area contributed by atoms with Crippen LogP contribution in [0.15, 0.2) is 22.7 Å². The first kappa shape index (κ1) is 15.1. The third-order valence-corrected chi connectivity index (χ3v) is 3.95. The number of carboxylic acids is 1. The second-order valence-electron chi connectivity index (χ2n) is 5.25. The maximum Gasteiger partial charge on any atom is 0.304 e. The molecule has 1 aromatic carbocycles. The van der Waals surface area contributed by atoms with Crippen LogP contribution in [0, 0.1) is 5.82 Å². The summed E-state index contributed by atoms with van der Waals surface area (Å²) in [4.78, 5) is 11.0. The molecule has 0 spiro atoms. The molecule has 0 aliphatic rings. The number of halogens is 2. The number of rotatable bonds is 4. The van der Waals surface area contributed by atoms with Crippen LogP contribution in [0.3, 0.4) is 0 Å². The molecule has 3 nitrogen and oxygen atoms in total. The average Bonchev–Trinajstić information content (AvgIpc) is 2.13. The van der Waals surface area contributed by atoms with Gasteiger partial charge < -0.3 is 10.8 Å². The van der Waals surface area contributed by atoms with Gasteiger partial charge in [-0.2, -0.15) is 0 Å². The first-order valence-electron chi connectivity index (χ1n) is 5.54. The van der Waals surface area contributed by atoms with Crippen LogP contribution >= 0.6 is 15.9 Å². The van der Waals surface area contributed by atoms with E-state index < -0.39 is 22.7 Å². The van der Waals surface area contributed by atoms with Crippen molar-refractivity contribution >= 4 is 21.9 Å². The molecule has 0 aliphatic carbocycles. The van der Waals surface area contributed by atoms with E-state index in [2.05, 4.69) is 15.9 Å². The minimum atomic E-state index is -1.00. The molecular weight excluding hydrogens is 301 g/mol. The van der Waals surface area contributed by atoms with Gasteiger partial charge in [0.15, 0.2) is 0 Å². The van der Waals surface area contributed by atoms with Gasteiger partial charge in [-0.1, -0.05) is 28.9 Å². The summed E-state index contributed by atoms with van der Waals surface area (Å²) in [7, 11) is 0. The maximum absolute atomic E-state index is 14.0. The number of aliphatic carboxylic acids is 1. The van der Waals surface area contributed by atoms with Crippen molar-refractivity contribution in [3.63, 3.8) is 0 Å². The highest BCUT2D eigenvalue weighted by molar-refractivity contribution is 9.10. The Morgan fingerprint density at radius 2 is 2.00 bits per heavy atom. The van der Waals surface area contributed by atoms with Gasteiger partial charge in [-0.25, -0.2) is 4.39 Å². The standard InChI is InChI=1S/C13H17BrFNO2/c1-12(2,16)13(3,7-11(17)18)9-5-4-8(14)6-10(9)15/h4-6H,7,16H2,1-3H3,(H,17,18). The average molecular weight is 318 g/mol. The van der Waals surface area contributed by atoms with Crippen molar-refractivity contribution in [2.24, 2.45) is 5.73 Å². The second kappa shape index (κ2) is 4.97. The van der Waals surface area contributed by atoms with E-state index in [0.29, 0.717) is 10.0 Å². The smallest absolute Gasteiger partial charge is 0.304 e. The second-order valence-corrected chi connectivity index (χ2v) is 6.16. The van der Waals surface area contributed by atoms with Gasteiger partial charge in [0.05, 0.1) is 6.42 Å². The fourth-order valence-corrected chi connectivity index (χ4v) is 2.24. The van der Waals surface area contributed by atoms with E-state index in [1.165, 1.54) is 6.07 Å². The first-order valence-corrected chi connectivity index (χ1v) is 6.33. The van der Waals surface area contributed by atoms with Crippen LogP contribution in [0.1, 0.15) is 32.8 Å². The maximum atomic E-state index is 14.0. The van der Waals surface area contributed by atoms with Gasteiger partial charge in [0, 0.05) is 15.4 Å². The molecule has 1 atom stereocenters. The number of hydrogen-bond acceptors (Lipinski definition) is 2. The van der Waals surface area contributed by atoms with Crippen LogP contribution in [0.4, 0.5) is 4.39 Å². The third kappa shape index (κ3) is 2.90. The molecular formula is C13H17BrFNO2. The minimum Gasteiger partial charge on any atom is -0.481 e. The Kier molecular flexibility index (Phi) is 4.18. The summed E-state index contributed by atoms with van der Waals surface area (Å²) >= 11 is 3.18. The highest BCUT2D eigenvalue weighted by Crippen LogP contribution is 2.38. The van der Waals surface area contributed by atoms with E-state index >= 15 is 0 Å². The monoisotopic (exact) mass is 317 g/mol. The topological polar surface area (TPSA) is 63.3 Å². The Hall–Kier alpha value is -0.940. The summed E-state index contributed by atoms with van der Waals surface area (Å²) in [6, 6.07) is 4.59. The number of benzene rings is 1. The van der Waals surface area contributed by atoms with Crippen molar-refractivity contribution in [3.8, 4) is 0 Å². The lowest BCUT2D eigenvalue weighted by atomic mass is 9.66. The summed E-state index contributed by atoms with van der Waals surface area (Å²) in [6.45, 7) is 5.09. The number of hydrogen-bond donors (Lipinski definition) is 2. The predicted molar refractivity (Wildman–Crippen MR) is 72.0 cm³/mol. The quantitative estimate of drug-likeness (QED) is 0.897. The lowest BCUT2D eigenvalue weighted by molar-refractivity contribution is -0.139. The van der Waals surface area contributed by atoms with Gasteiger partial charge in [-0.3, -0.25) is 4.79 Å². The Morgan fingerprint density at radius 1 is 1.44 bits per heavy atom. The number of nitrogens with two attached hydrogens (primary N) is 1. The van der Waals surface area contributed by atoms with Crippen LogP contribution in [-0.2, 0) is 10.2 Å². The van der Waals surface area contributed by atoms with E-state index in [1.807, 2.05) is 0 Å². The van der Waals surface area contributed by atoms with Crippen LogP contribution < -0.4 is 5.73 Å². The summed E-state index contributed by atoms with van der Waals surface area (Å²) in [5.41, 5.74) is 4.54. The first-order chi connectivity index (χ1) is 8.08. The van der Waals surface area contributed by atoms with Gasteiger partial charge in [-0.15, -0.1) is 0 Å². The molecule has 0 aromatic heterocycles. The Morgan fingerprint density at radius 3 is 2.39 bits per heavy atom. The van der Waals surface area contributed by atoms with Crippen LogP contribution in [0.25, 0.3) is 0 Å². The zero-order valence-electron chi connectivity index (χ0n) is 10.6. The van der Waals surface area contributed by atoms with Crippen molar-refractivity contribution in [1.82, 2.24) is 0 Å². The van der Waals surface area contributed by atoms with E-state index in [1.54, 1.807) is 32.9 Å². The molecule has 1 unspecified atom stereocenters. The highest BCUT2D eigenvalue weighted by Gasteiger charge is 2.43. The van der Waals surface area contributed by atoms with Gasteiger partial charge in [0.2, 0.25) is 0 Å². The fourth-order valence-electron chi connectivity index (χ4n) is 1.91. The normalized spacial score (nSPS) is 15.2. The zero-order valence-corrected chi connectivity index (χ0v) is 12.2. The molecule has 0 heterocycles. The fraction of sp³-hybridized carbons (Fsp3) is 0.462. The van der Waals surface area contributed by atoms with Crippen LogP contribution in [-0.4, -0.2) is 16.6 Å². The SMILES string of the molecule is CC(C)(N)C(C)(CC(=O)O)c1ccc(Br)cc1F. The molecule has 0 fully saturated rings. The summed E-state index contributed by atoms with van der Waals surface area (Å²) in [5, 5.41) is 9.03. The van der Waals surface area contributed by atoms with Gasteiger partial charge in [0.1, 0.15) is 5.82 Å². The van der Waals surface area contributed by atoms with Gasteiger partial charge in [-0.05, 0) is 31.5 Å². The molecule has 18 heavy (non-hydrogen) atoms. The highest BCUT2D eigenvalue weighted by atomic mass is 79.9. The molecule has 5 heteroatoms. The van der Waals surface area contributed by atoms with Crippen molar-refractivity contribution in [2.75, 3.05) is 0 Å². The molecule has 0 radical (unpaired) electrons. The molecule has 1 rings (SSSR count). The van der Waals surface area contributed by atoms with E-state index in [0.717, 1.165) is 0 Å². The summed E-state index contributed by atoms with van der Waals surface area (Å²) in [6.07, 6.45) is -0.227. The molecule has 0 saturated heterocycles. The third-order valence-electron chi connectivity index (χ3n) is 3.45. The number of carboxylic acid groups (broad SMARTS) is 1. The lowest BCUT2D eigenvalue weighted by Gasteiger charge is -2.41. The Bertz CT molecular complexity index is 471. The summed E-state index contributed by atoms with van der Waals surface area (Å²) in [5.74, 6) is -1.45. The molecule has 1 aromatic rings. The Labute approximate surface area is 114 Å². The molecule has 0 amide bonds. The lowest BCUT2D eigenvalue weighted by Crippen LogP contribution is -2.53. The van der Waals surface area contributed by atoms with Gasteiger partial charge >= 0.3 is 5.97 Å². The van der Waals surface area contributed by atoms with E-state index in [-0.39, 0.29) is 6.42 Å². The zero-order chi connectivity index (χ0) is 14.1. The largest absolute Gasteiger partial charge is 0.481 e. The van der Waals surface area contributed by atoms with Crippen molar-refractivity contribution in [3.05, 3.63) is 34.1 Å². The van der Waals surface area contributed by atoms with E-state index in [9.17, 15) is 9.18 Å². The molecule has 100 valence electrons. The molecule has 3 N–H and O–H groups in total. The predicted octanol–water partition coefficient (Wildman–Crippen LogP) is 3.06. The van der Waals surface area contributed by atoms with Crippen LogP contribution in [0.2, 0.25) is 0 Å². The molecule has 0 bridgehead atoms. The van der Waals surface area contributed by atoms with Crippen molar-refractivity contribution < 1.29 is 14.3 Å². The molecule has 0 aliphatic heterocycles. The molecule has 0 saturated carbocycles. The van der Waals surface area contributed by atoms with Crippen molar-refractivity contribution in [1.29, 1.82) is 0 Å². The Balaban J connectivity index is 3.39. The van der Waals surface area contributed by atoms with Gasteiger partial charge in [0.25, 0.3) is 0 Å². The minimum absolute atomic E-state index is 0.227. The van der Waals surface area contributed by atoms with E-state index in [4.69, 9.17) is 10.8 Å². The van der Waals surface area contributed by atoms with Crippen molar-refractivity contribution in [2.45, 2.75) is 38.1 Å².